The predicted molar refractivity (Wildman–Crippen MR) is 138 cm³/mol. The zero-order valence-electron chi connectivity index (χ0n) is 19.1. The monoisotopic (exact) mass is 529 g/mol. The summed E-state index contributed by atoms with van der Waals surface area (Å²) in [6.45, 7) is 3.82. The summed E-state index contributed by atoms with van der Waals surface area (Å²) >= 11 is 2.80. The lowest BCUT2D eigenvalue weighted by Gasteiger charge is -2.18. The number of carbonyl (C=O) groups is 2. The molecule has 0 aliphatic carbocycles. The average Bonchev–Trinajstić information content (AvgIpc) is 3.51. The van der Waals surface area contributed by atoms with E-state index in [1.165, 1.54) is 39.9 Å². The van der Waals surface area contributed by atoms with Crippen molar-refractivity contribution in [3.8, 4) is 9.88 Å². The number of nitrogens with one attached hydrogen (secondary N) is 1. The Hall–Kier alpha value is -3.12. The highest BCUT2D eigenvalue weighted by Crippen LogP contribution is 2.34. The molecule has 4 rings (SSSR count). The van der Waals surface area contributed by atoms with Crippen molar-refractivity contribution in [3.63, 3.8) is 0 Å². The molecule has 0 atom stereocenters. The van der Waals surface area contributed by atoms with Crippen LogP contribution in [-0.4, -0.2) is 49.3 Å². The number of hydrogen-bond donors (Lipinski definition) is 1. The molecule has 0 saturated carbocycles. The number of nitrogens with zero attached hydrogens (tertiary/aromatic N) is 2. The van der Waals surface area contributed by atoms with Crippen LogP contribution in [0.1, 0.15) is 23.5 Å². The van der Waals surface area contributed by atoms with Gasteiger partial charge in [-0.2, -0.15) is 4.31 Å². The minimum absolute atomic E-state index is 0.146. The number of amides is 1. The van der Waals surface area contributed by atoms with Gasteiger partial charge in [0.25, 0.3) is 5.91 Å². The highest BCUT2D eigenvalue weighted by Gasteiger charge is 2.21. The van der Waals surface area contributed by atoms with Crippen LogP contribution in [0, 0.1) is 0 Å². The summed E-state index contributed by atoms with van der Waals surface area (Å²) in [5.74, 6) is -1.13. The van der Waals surface area contributed by atoms with Crippen molar-refractivity contribution in [2.24, 2.45) is 0 Å². The van der Waals surface area contributed by atoms with Gasteiger partial charge in [-0.05, 0) is 48.5 Å². The third-order valence-corrected chi connectivity index (χ3v) is 9.46. The minimum atomic E-state index is -3.58. The number of fused-ring (bicyclic) bond motifs is 1. The van der Waals surface area contributed by atoms with E-state index < -0.39 is 28.5 Å². The molecule has 0 aliphatic rings. The van der Waals surface area contributed by atoms with Crippen LogP contribution < -0.4 is 5.32 Å². The molecule has 2 aromatic heterocycles. The first-order valence-corrected chi connectivity index (χ1v) is 13.9. The Balaban J connectivity index is 1.33. The van der Waals surface area contributed by atoms with E-state index in [9.17, 15) is 18.0 Å². The van der Waals surface area contributed by atoms with Crippen LogP contribution in [0.2, 0.25) is 0 Å². The van der Waals surface area contributed by atoms with Crippen molar-refractivity contribution in [1.29, 1.82) is 0 Å². The third-order valence-electron chi connectivity index (χ3n) is 5.13. The van der Waals surface area contributed by atoms with E-state index in [0.29, 0.717) is 23.7 Å². The number of benzene rings is 2. The number of rotatable bonds is 9. The first kappa shape index (κ1) is 25.0. The standard InChI is InChI=1S/C24H23N3O5S3/c1-3-27(4-2)35(30,31)17-11-9-16(10-12-17)25-22(28)15-32-24(29)21-14-13-20(33-21)23-26-18-7-5-6-8-19(18)34-23/h5-14H,3-4,15H2,1-2H3,(H,25,28). The Bertz CT molecular complexity index is 1420. The summed E-state index contributed by atoms with van der Waals surface area (Å²) in [6, 6.07) is 17.2. The van der Waals surface area contributed by atoms with Crippen LogP contribution in [0.3, 0.4) is 0 Å². The predicted octanol–water partition coefficient (Wildman–Crippen LogP) is 4.85. The molecule has 0 unspecified atom stereocenters. The van der Waals surface area contributed by atoms with Gasteiger partial charge < -0.3 is 10.1 Å². The van der Waals surface area contributed by atoms with Crippen molar-refractivity contribution in [2.45, 2.75) is 18.7 Å². The number of hydrogen-bond acceptors (Lipinski definition) is 8. The van der Waals surface area contributed by atoms with Crippen molar-refractivity contribution in [3.05, 3.63) is 65.5 Å². The van der Waals surface area contributed by atoms with Gasteiger partial charge in [0.2, 0.25) is 10.0 Å². The zero-order chi connectivity index (χ0) is 25.0. The second-order valence-electron chi connectivity index (χ2n) is 7.39. The van der Waals surface area contributed by atoms with Crippen LogP contribution in [0.5, 0.6) is 0 Å². The van der Waals surface area contributed by atoms with E-state index in [-0.39, 0.29) is 4.90 Å². The number of esters is 1. The summed E-state index contributed by atoms with van der Waals surface area (Å²) in [6.07, 6.45) is 0. The summed E-state index contributed by atoms with van der Waals surface area (Å²) in [7, 11) is -3.58. The third kappa shape index (κ3) is 5.59. The van der Waals surface area contributed by atoms with Gasteiger partial charge in [-0.25, -0.2) is 18.2 Å². The quantitative estimate of drug-likeness (QED) is 0.311. The van der Waals surface area contributed by atoms with E-state index in [1.807, 2.05) is 30.3 Å². The first-order chi connectivity index (χ1) is 16.8. The maximum absolute atomic E-state index is 12.6. The number of thiophene rings is 1. The molecule has 0 bridgehead atoms. The summed E-state index contributed by atoms with van der Waals surface area (Å²) in [4.78, 5) is 30.6. The van der Waals surface area contributed by atoms with Gasteiger partial charge in [-0.15, -0.1) is 22.7 Å². The maximum atomic E-state index is 12.6. The number of anilines is 1. The first-order valence-electron chi connectivity index (χ1n) is 10.8. The van der Waals surface area contributed by atoms with Crippen molar-refractivity contribution >= 4 is 60.5 Å². The number of aromatic nitrogens is 1. The fourth-order valence-electron chi connectivity index (χ4n) is 3.36. The van der Waals surface area contributed by atoms with Crippen LogP contribution >= 0.6 is 22.7 Å². The molecule has 2 heterocycles. The molecule has 0 radical (unpaired) electrons. The van der Waals surface area contributed by atoms with Crippen molar-refractivity contribution in [2.75, 3.05) is 25.0 Å². The number of carbonyl (C=O) groups excluding carboxylic acids is 2. The minimum Gasteiger partial charge on any atom is -0.451 e. The van der Waals surface area contributed by atoms with Gasteiger partial charge in [-0.1, -0.05) is 26.0 Å². The second-order valence-corrected chi connectivity index (χ2v) is 11.4. The average molecular weight is 530 g/mol. The van der Waals surface area contributed by atoms with Gasteiger partial charge in [0.15, 0.2) is 6.61 Å². The molecule has 4 aromatic rings. The molecule has 182 valence electrons. The summed E-state index contributed by atoms with van der Waals surface area (Å²) in [5, 5.41) is 3.42. The SMILES string of the molecule is CCN(CC)S(=O)(=O)c1ccc(NC(=O)COC(=O)c2ccc(-c3nc4ccccc4s3)s2)cc1. The largest absolute Gasteiger partial charge is 0.451 e. The molecule has 0 fully saturated rings. The number of ether oxygens (including phenoxy) is 1. The van der Waals surface area contributed by atoms with Gasteiger partial charge in [-0.3, -0.25) is 4.79 Å². The molecule has 35 heavy (non-hydrogen) atoms. The zero-order valence-corrected chi connectivity index (χ0v) is 21.5. The van der Waals surface area contributed by atoms with Gasteiger partial charge in [0.05, 0.1) is 20.0 Å². The lowest BCUT2D eigenvalue weighted by Crippen LogP contribution is -2.30. The lowest BCUT2D eigenvalue weighted by atomic mass is 10.3. The molecule has 2 aromatic carbocycles. The molecule has 1 amide bonds. The number of sulfonamides is 1. The fourth-order valence-corrected chi connectivity index (χ4v) is 6.74. The van der Waals surface area contributed by atoms with Gasteiger partial charge >= 0.3 is 5.97 Å². The number of para-hydroxylation sites is 1. The Morgan fingerprint density at radius 3 is 2.37 bits per heavy atom. The van der Waals surface area contributed by atoms with E-state index in [1.54, 1.807) is 31.3 Å². The molecule has 0 saturated heterocycles. The second kappa shape index (κ2) is 10.6. The molecule has 8 nitrogen and oxygen atoms in total. The Morgan fingerprint density at radius 2 is 1.69 bits per heavy atom. The van der Waals surface area contributed by atoms with Crippen molar-refractivity contribution in [1.82, 2.24) is 9.29 Å². The van der Waals surface area contributed by atoms with Crippen LogP contribution in [0.4, 0.5) is 5.69 Å². The van der Waals surface area contributed by atoms with E-state index in [0.717, 1.165) is 20.1 Å². The van der Waals surface area contributed by atoms with E-state index in [4.69, 9.17) is 4.74 Å². The van der Waals surface area contributed by atoms with Gasteiger partial charge in [0.1, 0.15) is 9.88 Å². The number of thiazole rings is 1. The van der Waals surface area contributed by atoms with Crippen LogP contribution in [-0.2, 0) is 19.6 Å². The van der Waals surface area contributed by atoms with E-state index in [2.05, 4.69) is 10.3 Å². The highest BCUT2D eigenvalue weighted by molar-refractivity contribution is 7.89. The molecule has 0 spiro atoms. The molecule has 1 N–H and O–H groups in total. The van der Waals surface area contributed by atoms with Crippen LogP contribution in [0.25, 0.3) is 20.1 Å². The van der Waals surface area contributed by atoms with Crippen molar-refractivity contribution < 1.29 is 22.7 Å². The van der Waals surface area contributed by atoms with E-state index >= 15 is 0 Å². The Labute approximate surface area is 211 Å². The molecule has 0 aliphatic heterocycles. The summed E-state index contributed by atoms with van der Waals surface area (Å²) in [5.41, 5.74) is 1.30. The molecular weight excluding hydrogens is 506 g/mol. The smallest absolute Gasteiger partial charge is 0.348 e. The van der Waals surface area contributed by atoms with Crippen LogP contribution in [0.15, 0.2) is 65.6 Å². The summed E-state index contributed by atoms with van der Waals surface area (Å²) < 4.78 is 32.7. The topological polar surface area (TPSA) is 106 Å². The molecule has 11 heteroatoms. The lowest BCUT2D eigenvalue weighted by molar-refractivity contribution is -0.119. The Morgan fingerprint density at radius 1 is 0.971 bits per heavy atom. The Kier molecular flexibility index (Phi) is 7.60. The van der Waals surface area contributed by atoms with Gasteiger partial charge in [0, 0.05) is 18.8 Å². The maximum Gasteiger partial charge on any atom is 0.348 e. The molecular formula is C24H23N3O5S3. The fraction of sp³-hybridized carbons (Fsp3) is 0.208. The normalized spacial score (nSPS) is 11.6. The highest BCUT2D eigenvalue weighted by atomic mass is 32.2.